The van der Waals surface area contributed by atoms with E-state index in [-0.39, 0.29) is 17.7 Å². The first kappa shape index (κ1) is 17.1. The maximum absolute atomic E-state index is 12.5. The second-order valence-corrected chi connectivity index (χ2v) is 10.4. The molecule has 1 aromatic carbocycles. The fourth-order valence-electron chi connectivity index (χ4n) is 7.78. The van der Waals surface area contributed by atoms with Crippen LogP contribution >= 0.6 is 0 Å². The van der Waals surface area contributed by atoms with Gasteiger partial charge in [-0.25, -0.2) is 4.85 Å². The van der Waals surface area contributed by atoms with Crippen molar-refractivity contribution in [3.8, 4) is 5.75 Å². The standard InChI is InChI=1S/C24H28N2O3/c1-25-17-6-5-16-13-18-24(27)9-8-22(7-2-12-28-22)21-23(24,19(16)20(17)29-21)10-11-26(18)14-15-3-4-15/h5-6,15,18,21,27H,2-4,7-14H2/t18-,21?,22?,23+,24?/m1/s1. The van der Waals surface area contributed by atoms with E-state index in [1.807, 2.05) is 6.07 Å². The van der Waals surface area contributed by atoms with Crippen LogP contribution in [0, 0.1) is 12.5 Å². The number of benzene rings is 1. The van der Waals surface area contributed by atoms with Gasteiger partial charge >= 0.3 is 0 Å². The topological polar surface area (TPSA) is 46.3 Å². The summed E-state index contributed by atoms with van der Waals surface area (Å²) in [6, 6.07) is 4.23. The van der Waals surface area contributed by atoms with Crippen LogP contribution in [0.25, 0.3) is 4.85 Å². The van der Waals surface area contributed by atoms with Crippen molar-refractivity contribution < 1.29 is 14.6 Å². The van der Waals surface area contributed by atoms with E-state index in [1.54, 1.807) is 0 Å². The third kappa shape index (κ3) is 1.88. The van der Waals surface area contributed by atoms with Crippen molar-refractivity contribution in [1.29, 1.82) is 0 Å². The van der Waals surface area contributed by atoms with E-state index < -0.39 is 11.0 Å². The zero-order chi connectivity index (χ0) is 19.4. The SMILES string of the molecule is [C-]#[N+]c1ccc2c3c1OC1C4(CCCO4)CCC4(O)[C@@H](C2)N(CC2CC2)CC[C@]314. The average Bonchev–Trinajstić information content (AvgIpc) is 3.28. The molecule has 3 heterocycles. The van der Waals surface area contributed by atoms with Gasteiger partial charge in [-0.05, 0) is 75.0 Å². The molecule has 5 nitrogen and oxygen atoms in total. The molecule has 5 heteroatoms. The Balaban J connectivity index is 1.46. The van der Waals surface area contributed by atoms with Crippen LogP contribution in [0.2, 0.25) is 0 Å². The van der Waals surface area contributed by atoms with Gasteiger partial charge in [-0.15, -0.1) is 0 Å². The predicted octanol–water partition coefficient (Wildman–Crippen LogP) is 3.35. The minimum atomic E-state index is -0.791. The van der Waals surface area contributed by atoms with Crippen LogP contribution in [-0.2, 0) is 16.6 Å². The van der Waals surface area contributed by atoms with E-state index in [9.17, 15) is 5.11 Å². The van der Waals surface area contributed by atoms with Crippen molar-refractivity contribution in [3.63, 3.8) is 0 Å². The van der Waals surface area contributed by atoms with Crippen molar-refractivity contribution in [2.75, 3.05) is 19.7 Å². The van der Waals surface area contributed by atoms with Gasteiger partial charge in [0.25, 0.3) is 0 Å². The molecule has 0 aromatic heterocycles. The lowest BCUT2D eigenvalue weighted by atomic mass is 9.46. The molecule has 7 rings (SSSR count). The van der Waals surface area contributed by atoms with Crippen LogP contribution in [0.3, 0.4) is 0 Å². The molecule has 3 unspecified atom stereocenters. The lowest BCUT2D eigenvalue weighted by Crippen LogP contribution is -2.79. The Hall–Kier alpha value is -1.61. The van der Waals surface area contributed by atoms with Gasteiger partial charge in [0.05, 0.1) is 17.6 Å². The van der Waals surface area contributed by atoms with Crippen molar-refractivity contribution in [2.45, 2.75) is 80.1 Å². The quantitative estimate of drug-likeness (QED) is 0.784. The summed E-state index contributed by atoms with van der Waals surface area (Å²) in [5.74, 6) is 1.57. The molecule has 5 atom stereocenters. The molecule has 2 saturated carbocycles. The Morgan fingerprint density at radius 1 is 1.21 bits per heavy atom. The first-order valence-electron chi connectivity index (χ1n) is 11.4. The van der Waals surface area contributed by atoms with E-state index in [0.717, 1.165) is 75.5 Å². The van der Waals surface area contributed by atoms with Gasteiger partial charge in [-0.1, -0.05) is 12.1 Å². The molecule has 29 heavy (non-hydrogen) atoms. The molecule has 152 valence electrons. The van der Waals surface area contributed by atoms with Gasteiger partial charge in [0.1, 0.15) is 17.5 Å². The number of rotatable bonds is 2. The molecule has 3 aliphatic heterocycles. The molecule has 0 radical (unpaired) electrons. The lowest BCUT2D eigenvalue weighted by Gasteiger charge is -2.66. The molecule has 2 saturated heterocycles. The summed E-state index contributed by atoms with van der Waals surface area (Å²) >= 11 is 0. The number of aliphatic hydroxyl groups is 1. The maximum atomic E-state index is 12.5. The zero-order valence-electron chi connectivity index (χ0n) is 16.8. The smallest absolute Gasteiger partial charge is 0.228 e. The summed E-state index contributed by atoms with van der Waals surface area (Å²) in [6.45, 7) is 10.6. The Morgan fingerprint density at radius 3 is 2.86 bits per heavy atom. The predicted molar refractivity (Wildman–Crippen MR) is 107 cm³/mol. The summed E-state index contributed by atoms with van der Waals surface area (Å²) < 4.78 is 13.1. The molecule has 3 aliphatic carbocycles. The van der Waals surface area contributed by atoms with E-state index in [1.165, 1.54) is 18.4 Å². The Morgan fingerprint density at radius 2 is 2.10 bits per heavy atom. The number of piperidine rings is 1. The minimum absolute atomic E-state index is 0.152. The normalized spacial score (nSPS) is 44.4. The van der Waals surface area contributed by atoms with Gasteiger partial charge in [0.2, 0.25) is 5.69 Å². The third-order valence-corrected chi connectivity index (χ3v) is 9.17. The maximum Gasteiger partial charge on any atom is 0.228 e. The summed E-state index contributed by atoms with van der Waals surface area (Å²) in [5, 5.41) is 12.5. The summed E-state index contributed by atoms with van der Waals surface area (Å²) in [4.78, 5) is 6.38. The van der Waals surface area contributed by atoms with E-state index in [4.69, 9.17) is 16.0 Å². The molecular weight excluding hydrogens is 364 g/mol. The zero-order valence-corrected chi connectivity index (χ0v) is 16.8. The number of ether oxygens (including phenoxy) is 2. The molecular formula is C24H28N2O3. The van der Waals surface area contributed by atoms with E-state index in [2.05, 4.69) is 15.8 Å². The van der Waals surface area contributed by atoms with Gasteiger partial charge in [-0.2, -0.15) is 0 Å². The lowest BCUT2D eigenvalue weighted by molar-refractivity contribution is -0.237. The Bertz CT molecular complexity index is 944. The van der Waals surface area contributed by atoms with Gasteiger partial charge in [0.15, 0.2) is 0 Å². The van der Waals surface area contributed by atoms with Crippen molar-refractivity contribution in [1.82, 2.24) is 4.90 Å². The second kappa shape index (κ2) is 5.35. The van der Waals surface area contributed by atoms with Gasteiger partial charge < -0.3 is 14.6 Å². The molecule has 2 spiro atoms. The van der Waals surface area contributed by atoms with Crippen LogP contribution in [0.5, 0.6) is 5.75 Å². The summed E-state index contributed by atoms with van der Waals surface area (Å²) in [6.07, 6.45) is 7.99. The molecule has 0 amide bonds. The van der Waals surface area contributed by atoms with Crippen molar-refractivity contribution in [2.24, 2.45) is 5.92 Å². The highest BCUT2D eigenvalue weighted by molar-refractivity contribution is 5.70. The van der Waals surface area contributed by atoms with Gasteiger partial charge in [0, 0.05) is 19.2 Å². The highest BCUT2D eigenvalue weighted by atomic mass is 16.6. The Kier molecular flexibility index (Phi) is 3.16. The van der Waals surface area contributed by atoms with Crippen LogP contribution in [-0.4, -0.2) is 53.1 Å². The van der Waals surface area contributed by atoms with Crippen molar-refractivity contribution in [3.05, 3.63) is 34.7 Å². The highest BCUT2D eigenvalue weighted by Crippen LogP contribution is 2.68. The number of nitrogens with zero attached hydrogens (tertiary/aromatic N) is 2. The number of hydrogen-bond acceptors (Lipinski definition) is 4. The minimum Gasteiger partial charge on any atom is -0.497 e. The molecule has 1 aromatic rings. The van der Waals surface area contributed by atoms with Crippen LogP contribution < -0.4 is 4.74 Å². The Labute approximate surface area is 171 Å². The van der Waals surface area contributed by atoms with E-state index >= 15 is 0 Å². The van der Waals surface area contributed by atoms with Crippen LogP contribution in [0.15, 0.2) is 12.1 Å². The largest absolute Gasteiger partial charge is 0.497 e. The summed E-state index contributed by atoms with van der Waals surface area (Å²) in [7, 11) is 0. The number of likely N-dealkylation sites (tertiary alicyclic amines) is 1. The fraction of sp³-hybridized carbons (Fsp3) is 0.708. The number of fused-ring (bicyclic) bond motifs is 1. The third-order valence-electron chi connectivity index (χ3n) is 9.17. The molecule has 2 bridgehead atoms. The molecule has 4 fully saturated rings. The van der Waals surface area contributed by atoms with Crippen LogP contribution in [0.1, 0.15) is 56.1 Å². The molecule has 6 aliphatic rings. The average molecular weight is 392 g/mol. The van der Waals surface area contributed by atoms with Gasteiger partial charge in [-0.3, -0.25) is 4.90 Å². The first-order valence-corrected chi connectivity index (χ1v) is 11.4. The monoisotopic (exact) mass is 392 g/mol. The highest BCUT2D eigenvalue weighted by Gasteiger charge is 2.76. The van der Waals surface area contributed by atoms with E-state index in [0.29, 0.717) is 5.69 Å². The summed E-state index contributed by atoms with van der Waals surface area (Å²) in [5.41, 5.74) is 1.53. The molecule has 1 N–H and O–H groups in total. The number of hydrogen-bond donors (Lipinski definition) is 1. The fourth-order valence-corrected chi connectivity index (χ4v) is 7.78. The second-order valence-electron chi connectivity index (χ2n) is 10.4. The van der Waals surface area contributed by atoms with Crippen LogP contribution in [0.4, 0.5) is 5.69 Å². The van der Waals surface area contributed by atoms with Crippen molar-refractivity contribution >= 4 is 5.69 Å². The first-order chi connectivity index (χ1) is 14.1.